The van der Waals surface area contributed by atoms with Gasteiger partial charge in [0.2, 0.25) is 10.0 Å². The summed E-state index contributed by atoms with van der Waals surface area (Å²) in [6.45, 7) is 1.50. The zero-order valence-corrected chi connectivity index (χ0v) is 18.6. The van der Waals surface area contributed by atoms with Crippen LogP contribution in [0.3, 0.4) is 0 Å². The molecule has 1 saturated carbocycles. The lowest BCUT2D eigenvalue weighted by molar-refractivity contribution is -0.169. The number of nitrogens with one attached hydrogen (secondary N) is 1. The summed E-state index contributed by atoms with van der Waals surface area (Å²) in [6, 6.07) is 6.75. The van der Waals surface area contributed by atoms with Crippen LogP contribution >= 0.6 is 0 Å². The lowest BCUT2D eigenvalue weighted by atomic mass is 9.74. The van der Waals surface area contributed by atoms with Crippen molar-refractivity contribution in [1.29, 1.82) is 5.26 Å². The van der Waals surface area contributed by atoms with Crippen LogP contribution in [-0.4, -0.2) is 39.3 Å². The highest BCUT2D eigenvalue weighted by molar-refractivity contribution is 7.89. The number of alkyl halides is 2. The van der Waals surface area contributed by atoms with Crippen molar-refractivity contribution in [2.45, 2.75) is 88.1 Å². The van der Waals surface area contributed by atoms with Gasteiger partial charge in [-0.3, -0.25) is 0 Å². The number of anilines is 1. The molecule has 1 aliphatic carbocycles. The van der Waals surface area contributed by atoms with E-state index in [2.05, 4.69) is 29.5 Å². The Morgan fingerprint density at radius 2 is 1.81 bits per heavy atom. The van der Waals surface area contributed by atoms with Crippen LogP contribution in [0.1, 0.15) is 57.9 Å². The SMILES string of the molecule is CC(C)C1CC(NS(=O)(=O)c2ccc(N3[C@@H]4CC[C@H]3CC(OC(F)F)C4)c(C#N)c2)C1. The molecule has 3 aliphatic rings. The van der Waals surface area contributed by atoms with Crippen LogP contribution in [0.5, 0.6) is 0 Å². The van der Waals surface area contributed by atoms with Crippen LogP contribution in [0, 0.1) is 23.2 Å². The first-order chi connectivity index (χ1) is 14.7. The summed E-state index contributed by atoms with van der Waals surface area (Å²) in [5, 5.41) is 9.72. The predicted octanol–water partition coefficient (Wildman–Crippen LogP) is 4.01. The maximum absolute atomic E-state index is 12.8. The Hall–Kier alpha value is -1.76. The fraction of sp³-hybridized carbons (Fsp3) is 0.682. The topological polar surface area (TPSA) is 82.4 Å². The third kappa shape index (κ3) is 4.57. The highest BCUT2D eigenvalue weighted by Crippen LogP contribution is 2.42. The molecule has 6 nitrogen and oxygen atoms in total. The summed E-state index contributed by atoms with van der Waals surface area (Å²) in [7, 11) is -3.71. The van der Waals surface area contributed by atoms with Gasteiger partial charge in [0.05, 0.1) is 22.3 Å². The Labute approximate surface area is 182 Å². The summed E-state index contributed by atoms with van der Waals surface area (Å²) in [4.78, 5) is 2.19. The number of piperidine rings is 1. The molecule has 1 unspecified atom stereocenters. The minimum absolute atomic E-state index is 0.0122. The molecule has 0 spiro atoms. The monoisotopic (exact) mass is 453 g/mol. The molecule has 170 valence electrons. The minimum Gasteiger partial charge on any atom is -0.364 e. The molecule has 4 rings (SSSR count). The number of rotatable bonds is 7. The van der Waals surface area contributed by atoms with Crippen LogP contribution in [0.4, 0.5) is 14.5 Å². The Bertz CT molecular complexity index is 943. The second-order valence-corrected chi connectivity index (χ2v) is 11.1. The molecule has 0 aromatic heterocycles. The fourth-order valence-electron chi connectivity index (χ4n) is 5.36. The summed E-state index contributed by atoms with van der Waals surface area (Å²) in [6.07, 6.45) is 3.83. The number of benzene rings is 1. The molecule has 2 bridgehead atoms. The zero-order valence-electron chi connectivity index (χ0n) is 17.8. The number of hydrogen-bond acceptors (Lipinski definition) is 5. The number of fused-ring (bicyclic) bond motifs is 2. The molecule has 9 heteroatoms. The molecule has 31 heavy (non-hydrogen) atoms. The third-order valence-electron chi connectivity index (χ3n) is 7.10. The van der Waals surface area contributed by atoms with E-state index in [0.29, 0.717) is 35.9 Å². The van der Waals surface area contributed by atoms with Crippen LogP contribution in [0.25, 0.3) is 0 Å². The van der Waals surface area contributed by atoms with Crippen molar-refractivity contribution in [3.8, 4) is 6.07 Å². The quantitative estimate of drug-likeness (QED) is 0.675. The molecule has 3 fully saturated rings. The summed E-state index contributed by atoms with van der Waals surface area (Å²) in [5.74, 6) is 1.08. The first kappa shape index (κ1) is 22.4. The number of ether oxygens (including phenoxy) is 1. The van der Waals surface area contributed by atoms with E-state index in [4.69, 9.17) is 4.74 Å². The van der Waals surface area contributed by atoms with Gasteiger partial charge < -0.3 is 9.64 Å². The van der Waals surface area contributed by atoms with Crippen molar-refractivity contribution >= 4 is 15.7 Å². The van der Waals surface area contributed by atoms with E-state index in [9.17, 15) is 22.5 Å². The van der Waals surface area contributed by atoms with E-state index in [1.807, 2.05) is 0 Å². The first-order valence-corrected chi connectivity index (χ1v) is 12.4. The molecule has 1 aromatic rings. The number of sulfonamides is 1. The van der Waals surface area contributed by atoms with Gasteiger partial charge >= 0.3 is 6.61 Å². The lowest BCUT2D eigenvalue weighted by Gasteiger charge is -2.40. The van der Waals surface area contributed by atoms with Gasteiger partial charge in [-0.05, 0) is 68.6 Å². The molecule has 1 aromatic carbocycles. The molecular formula is C22H29F2N3O3S. The molecule has 1 N–H and O–H groups in total. The van der Waals surface area contributed by atoms with Gasteiger partial charge in [-0.1, -0.05) is 13.8 Å². The molecule has 0 radical (unpaired) electrons. The van der Waals surface area contributed by atoms with Gasteiger partial charge in [-0.15, -0.1) is 0 Å². The van der Waals surface area contributed by atoms with Crippen molar-refractivity contribution in [3.63, 3.8) is 0 Å². The maximum atomic E-state index is 12.8. The summed E-state index contributed by atoms with van der Waals surface area (Å²) in [5.41, 5.74) is 0.967. The second kappa shape index (κ2) is 8.64. The van der Waals surface area contributed by atoms with Crippen LogP contribution < -0.4 is 9.62 Å². The van der Waals surface area contributed by atoms with Gasteiger partial charge in [0.15, 0.2) is 0 Å². The highest BCUT2D eigenvalue weighted by Gasteiger charge is 2.43. The fourth-order valence-corrected chi connectivity index (χ4v) is 6.65. The van der Waals surface area contributed by atoms with E-state index < -0.39 is 22.7 Å². The molecule has 2 aliphatic heterocycles. The smallest absolute Gasteiger partial charge is 0.345 e. The Kier molecular flexibility index (Phi) is 6.25. The average molecular weight is 454 g/mol. The Morgan fingerprint density at radius 3 is 2.35 bits per heavy atom. The van der Waals surface area contributed by atoms with Crippen molar-refractivity contribution in [1.82, 2.24) is 4.72 Å². The first-order valence-electron chi connectivity index (χ1n) is 11.0. The van der Waals surface area contributed by atoms with E-state index >= 15 is 0 Å². The standard InChI is InChI=1S/C22H29F2N3O3S/c1-13(2)14-7-16(8-14)26-31(28,29)20-5-6-21(15(9-20)12-25)27-17-3-4-18(27)11-19(10-17)30-22(23)24/h5-6,9,13-14,16-19,22,26H,3-4,7-8,10-11H2,1-2H3/t14?,16?,17-,18+,19?. The van der Waals surface area contributed by atoms with Crippen LogP contribution in [0.2, 0.25) is 0 Å². The average Bonchev–Trinajstić information content (AvgIpc) is 2.93. The third-order valence-corrected chi connectivity index (χ3v) is 8.62. The normalized spacial score (nSPS) is 30.5. The van der Waals surface area contributed by atoms with Crippen LogP contribution in [-0.2, 0) is 14.8 Å². The summed E-state index contributed by atoms with van der Waals surface area (Å²) >= 11 is 0. The maximum Gasteiger partial charge on any atom is 0.345 e. The molecule has 2 heterocycles. The van der Waals surface area contributed by atoms with Gasteiger partial charge in [0.1, 0.15) is 6.07 Å². The van der Waals surface area contributed by atoms with E-state index in [1.54, 1.807) is 6.07 Å². The highest BCUT2D eigenvalue weighted by atomic mass is 32.2. The van der Waals surface area contributed by atoms with E-state index in [1.165, 1.54) is 12.1 Å². The Balaban J connectivity index is 1.50. The molecular weight excluding hydrogens is 424 g/mol. The molecule has 2 saturated heterocycles. The summed E-state index contributed by atoms with van der Waals surface area (Å²) < 4.78 is 58.4. The van der Waals surface area contributed by atoms with Gasteiger partial charge in [0.25, 0.3) is 0 Å². The second-order valence-electron chi connectivity index (χ2n) is 9.37. The van der Waals surface area contributed by atoms with Gasteiger partial charge in [-0.2, -0.15) is 14.0 Å². The van der Waals surface area contributed by atoms with Crippen molar-refractivity contribution in [2.75, 3.05) is 4.90 Å². The molecule has 0 amide bonds. The van der Waals surface area contributed by atoms with Gasteiger partial charge in [0, 0.05) is 18.1 Å². The Morgan fingerprint density at radius 1 is 1.16 bits per heavy atom. The zero-order chi connectivity index (χ0) is 22.3. The number of halogens is 2. The van der Waals surface area contributed by atoms with Crippen molar-refractivity contribution < 1.29 is 21.9 Å². The van der Waals surface area contributed by atoms with E-state index in [-0.39, 0.29) is 23.0 Å². The molecule has 3 atom stereocenters. The van der Waals surface area contributed by atoms with Crippen molar-refractivity contribution in [3.05, 3.63) is 23.8 Å². The van der Waals surface area contributed by atoms with Crippen LogP contribution in [0.15, 0.2) is 23.1 Å². The largest absolute Gasteiger partial charge is 0.364 e. The number of nitrogens with zero attached hydrogens (tertiary/aromatic N) is 2. The van der Waals surface area contributed by atoms with E-state index in [0.717, 1.165) is 25.7 Å². The number of nitriles is 1. The minimum atomic E-state index is -3.71. The lowest BCUT2D eigenvalue weighted by Crippen LogP contribution is -2.46. The van der Waals surface area contributed by atoms with Crippen molar-refractivity contribution in [2.24, 2.45) is 11.8 Å². The predicted molar refractivity (Wildman–Crippen MR) is 112 cm³/mol. The van der Waals surface area contributed by atoms with Gasteiger partial charge in [-0.25, -0.2) is 13.1 Å². The number of hydrogen-bond donors (Lipinski definition) is 1.